The molecule has 0 aliphatic heterocycles. The van der Waals surface area contributed by atoms with Gasteiger partial charge in [-0.05, 0) is 66.6 Å². The lowest BCUT2D eigenvalue weighted by Gasteiger charge is -2.11. The van der Waals surface area contributed by atoms with Crippen LogP contribution < -0.4 is 15.4 Å². The lowest BCUT2D eigenvalue weighted by Crippen LogP contribution is -2.14. The molecule has 2 heterocycles. The van der Waals surface area contributed by atoms with Gasteiger partial charge in [0.15, 0.2) is 15.5 Å². The first-order chi connectivity index (χ1) is 19.2. The molecule has 0 unspecified atom stereocenters. The Balaban J connectivity index is 1.30. The Morgan fingerprint density at radius 1 is 0.975 bits per heavy atom. The number of pyridine rings is 1. The zero-order chi connectivity index (χ0) is 28.3. The first kappa shape index (κ1) is 26.8. The van der Waals surface area contributed by atoms with Gasteiger partial charge in [-0.2, -0.15) is 4.98 Å². The van der Waals surface area contributed by atoms with Gasteiger partial charge >= 0.3 is 0 Å². The third kappa shape index (κ3) is 6.26. The molecule has 11 heteroatoms. The second-order valence-electron chi connectivity index (χ2n) is 9.07. The van der Waals surface area contributed by atoms with Gasteiger partial charge in [0.05, 0.1) is 23.6 Å². The van der Waals surface area contributed by atoms with E-state index in [0.29, 0.717) is 35.3 Å². The molecule has 0 atom stereocenters. The van der Waals surface area contributed by atoms with Crippen LogP contribution in [-0.2, 0) is 21.1 Å². The summed E-state index contributed by atoms with van der Waals surface area (Å²) in [6.07, 6.45) is 3.13. The van der Waals surface area contributed by atoms with Gasteiger partial charge in [0.2, 0.25) is 11.9 Å². The van der Waals surface area contributed by atoms with Crippen molar-refractivity contribution in [3.05, 3.63) is 96.4 Å². The topological polar surface area (TPSA) is 115 Å². The maximum atomic E-state index is 13.1. The van der Waals surface area contributed by atoms with Crippen LogP contribution in [0.1, 0.15) is 12.5 Å². The highest BCUT2D eigenvalue weighted by atomic mass is 32.2. The van der Waals surface area contributed by atoms with E-state index in [-0.39, 0.29) is 23.0 Å². The number of halogens is 1. The molecule has 0 aliphatic carbocycles. The Bertz CT molecular complexity index is 1790. The van der Waals surface area contributed by atoms with E-state index in [1.807, 2.05) is 49.5 Å². The zero-order valence-electron chi connectivity index (χ0n) is 21.8. The Kier molecular flexibility index (Phi) is 7.47. The molecule has 0 saturated heterocycles. The van der Waals surface area contributed by atoms with Gasteiger partial charge in [-0.25, -0.2) is 17.3 Å². The number of aromatic nitrogens is 3. The van der Waals surface area contributed by atoms with Crippen molar-refractivity contribution in [3.8, 4) is 16.9 Å². The van der Waals surface area contributed by atoms with Crippen LogP contribution in [0.15, 0.2) is 90.0 Å². The van der Waals surface area contributed by atoms with E-state index in [1.165, 1.54) is 24.3 Å². The minimum atomic E-state index is -3.38. The van der Waals surface area contributed by atoms with Crippen molar-refractivity contribution in [1.82, 2.24) is 14.6 Å². The molecule has 0 radical (unpaired) electrons. The summed E-state index contributed by atoms with van der Waals surface area (Å²) in [7, 11) is -3.38. The monoisotopic (exact) mass is 559 g/mol. The summed E-state index contributed by atoms with van der Waals surface area (Å²) >= 11 is 0. The highest BCUT2D eigenvalue weighted by Crippen LogP contribution is 2.30. The number of rotatable bonds is 9. The van der Waals surface area contributed by atoms with Crippen molar-refractivity contribution in [2.24, 2.45) is 0 Å². The van der Waals surface area contributed by atoms with Crippen molar-refractivity contribution in [3.63, 3.8) is 0 Å². The molecule has 3 aromatic carbocycles. The normalized spacial score (nSPS) is 11.4. The van der Waals surface area contributed by atoms with E-state index in [0.717, 1.165) is 22.9 Å². The van der Waals surface area contributed by atoms with Crippen LogP contribution >= 0.6 is 0 Å². The number of hydrogen-bond donors (Lipinski definition) is 2. The average molecular weight is 560 g/mol. The van der Waals surface area contributed by atoms with Crippen LogP contribution in [0.2, 0.25) is 0 Å². The van der Waals surface area contributed by atoms with Gasteiger partial charge in [-0.15, -0.1) is 5.10 Å². The summed E-state index contributed by atoms with van der Waals surface area (Å²) in [4.78, 5) is 17.0. The Morgan fingerprint density at radius 3 is 2.40 bits per heavy atom. The molecule has 0 spiro atoms. The maximum absolute atomic E-state index is 13.1. The number of nitrogens with one attached hydrogen (secondary N) is 2. The summed E-state index contributed by atoms with van der Waals surface area (Å²) < 4.78 is 44.2. The minimum Gasteiger partial charge on any atom is -0.492 e. The van der Waals surface area contributed by atoms with Gasteiger partial charge < -0.3 is 15.4 Å². The molecule has 1 amide bonds. The van der Waals surface area contributed by atoms with Gasteiger partial charge in [0, 0.05) is 29.8 Å². The molecule has 40 heavy (non-hydrogen) atoms. The summed E-state index contributed by atoms with van der Waals surface area (Å²) in [5, 5.41) is 10.5. The van der Waals surface area contributed by atoms with Crippen molar-refractivity contribution in [2.75, 3.05) is 23.5 Å². The number of carbonyl (C=O) groups is 1. The van der Waals surface area contributed by atoms with E-state index in [2.05, 4.69) is 20.7 Å². The second-order valence-corrected chi connectivity index (χ2v) is 11.1. The Labute approximate surface area is 230 Å². The third-order valence-electron chi connectivity index (χ3n) is 6.04. The molecule has 5 aromatic rings. The van der Waals surface area contributed by atoms with E-state index < -0.39 is 9.84 Å². The summed E-state index contributed by atoms with van der Waals surface area (Å²) in [6.45, 7) is 2.18. The molecule has 0 fully saturated rings. The highest BCUT2D eigenvalue weighted by molar-refractivity contribution is 7.90. The van der Waals surface area contributed by atoms with E-state index >= 15 is 0 Å². The summed E-state index contributed by atoms with van der Waals surface area (Å²) in [5.41, 5.74) is 4.34. The van der Waals surface area contributed by atoms with Crippen molar-refractivity contribution in [2.45, 2.75) is 18.2 Å². The zero-order valence-corrected chi connectivity index (χ0v) is 22.6. The molecule has 204 valence electrons. The molecular formula is C29H26FN5O4S. The highest BCUT2D eigenvalue weighted by Gasteiger charge is 2.14. The van der Waals surface area contributed by atoms with Crippen LogP contribution in [0.3, 0.4) is 0 Å². The third-order valence-corrected chi connectivity index (χ3v) is 7.15. The van der Waals surface area contributed by atoms with Crippen LogP contribution in [0.5, 0.6) is 5.75 Å². The quantitative estimate of drug-likeness (QED) is 0.253. The fraction of sp³-hybridized carbons (Fsp3) is 0.138. The lowest BCUT2D eigenvalue weighted by atomic mass is 10.1. The standard InChI is InChI=1S/C29H26FN5O4S/c1-3-39-26-17-24(40(2,37)38)13-14-25(26)32-29-33-27-15-8-21(18-35(27)34-29)20-6-11-23(12-7-20)31-28(36)16-19-4-9-22(30)10-5-19/h4-15,17-18H,3,16H2,1-2H3,(H,31,36)(H,32,34). The van der Waals surface area contributed by atoms with Crippen LogP contribution in [0.4, 0.5) is 21.7 Å². The van der Waals surface area contributed by atoms with Gasteiger partial charge in [-0.1, -0.05) is 24.3 Å². The first-order valence-corrected chi connectivity index (χ1v) is 14.3. The summed E-state index contributed by atoms with van der Waals surface area (Å²) in [5.74, 6) is 0.175. The molecule has 0 saturated carbocycles. The van der Waals surface area contributed by atoms with Gasteiger partial charge in [-0.3, -0.25) is 4.79 Å². The molecule has 9 nitrogen and oxygen atoms in total. The number of anilines is 3. The number of ether oxygens (including phenoxy) is 1. The second kappa shape index (κ2) is 11.1. The fourth-order valence-electron chi connectivity index (χ4n) is 4.08. The number of sulfone groups is 1. The average Bonchev–Trinajstić information content (AvgIpc) is 3.32. The van der Waals surface area contributed by atoms with E-state index in [1.54, 1.807) is 22.7 Å². The minimum absolute atomic E-state index is 0.148. The SMILES string of the molecule is CCOc1cc(S(C)(=O)=O)ccc1Nc1nc2ccc(-c3ccc(NC(=O)Cc4ccc(F)cc4)cc3)cn2n1. The summed E-state index contributed by atoms with van der Waals surface area (Å²) in [6, 6.07) is 21.6. The maximum Gasteiger partial charge on any atom is 0.247 e. The van der Waals surface area contributed by atoms with E-state index in [4.69, 9.17) is 4.74 Å². The van der Waals surface area contributed by atoms with Crippen molar-refractivity contribution in [1.29, 1.82) is 0 Å². The largest absolute Gasteiger partial charge is 0.492 e. The number of amides is 1. The number of nitrogens with zero attached hydrogens (tertiary/aromatic N) is 3. The molecule has 2 N–H and O–H groups in total. The molecule has 0 aliphatic rings. The van der Waals surface area contributed by atoms with Crippen LogP contribution in [0, 0.1) is 5.82 Å². The lowest BCUT2D eigenvalue weighted by molar-refractivity contribution is -0.115. The number of hydrogen-bond acceptors (Lipinski definition) is 7. The molecule has 0 bridgehead atoms. The first-order valence-electron chi connectivity index (χ1n) is 12.4. The molecule has 5 rings (SSSR count). The number of fused-ring (bicyclic) bond motifs is 1. The molecular weight excluding hydrogens is 533 g/mol. The van der Waals surface area contributed by atoms with Gasteiger partial charge in [0.1, 0.15) is 11.6 Å². The Hall–Kier alpha value is -4.77. The van der Waals surface area contributed by atoms with Crippen LogP contribution in [-0.4, -0.2) is 41.8 Å². The van der Waals surface area contributed by atoms with Gasteiger partial charge in [0.25, 0.3) is 0 Å². The number of carbonyl (C=O) groups excluding carboxylic acids is 1. The predicted octanol–water partition coefficient (Wildman–Crippen LogP) is 5.26. The number of benzene rings is 3. The van der Waals surface area contributed by atoms with E-state index in [9.17, 15) is 17.6 Å². The smallest absolute Gasteiger partial charge is 0.247 e. The fourth-order valence-corrected chi connectivity index (χ4v) is 4.71. The van der Waals surface area contributed by atoms with Crippen molar-refractivity contribution < 1.29 is 22.3 Å². The van der Waals surface area contributed by atoms with Crippen molar-refractivity contribution >= 4 is 38.7 Å². The van der Waals surface area contributed by atoms with Crippen LogP contribution in [0.25, 0.3) is 16.8 Å². The molecule has 2 aromatic heterocycles. The predicted molar refractivity (Wildman–Crippen MR) is 151 cm³/mol. The Morgan fingerprint density at radius 2 is 1.70 bits per heavy atom.